The van der Waals surface area contributed by atoms with E-state index in [1.165, 1.54) is 12.3 Å². The first-order valence-electron chi connectivity index (χ1n) is 7.89. The molecular formula is C18H19N3O3. The number of carbonyl (C=O) groups excluding carboxylic acids is 1. The van der Waals surface area contributed by atoms with Crippen molar-refractivity contribution in [1.82, 2.24) is 10.3 Å². The maximum Gasteiger partial charge on any atom is 0.268 e. The highest BCUT2D eigenvalue weighted by atomic mass is 16.5. The third kappa shape index (κ3) is 4.02. The Morgan fingerprint density at radius 3 is 3.00 bits per heavy atom. The van der Waals surface area contributed by atoms with Crippen LogP contribution < -0.4 is 5.32 Å². The molecule has 1 fully saturated rings. The highest BCUT2D eigenvalue weighted by Gasteiger charge is 2.28. The first-order valence-corrected chi connectivity index (χ1v) is 7.89. The molecule has 1 aliphatic heterocycles. The molecule has 0 unspecified atom stereocenters. The van der Waals surface area contributed by atoms with Gasteiger partial charge >= 0.3 is 0 Å². The van der Waals surface area contributed by atoms with Crippen LogP contribution in [0.15, 0.2) is 42.6 Å². The number of aromatic nitrogens is 1. The Bertz CT molecular complexity index is 721. The summed E-state index contributed by atoms with van der Waals surface area (Å²) in [6, 6.07) is 13.3. The average Bonchev–Trinajstić information content (AvgIpc) is 3.11. The Balaban J connectivity index is 1.59. The van der Waals surface area contributed by atoms with Gasteiger partial charge in [-0.1, -0.05) is 30.3 Å². The van der Waals surface area contributed by atoms with E-state index in [9.17, 15) is 4.79 Å². The fourth-order valence-electron chi connectivity index (χ4n) is 2.65. The minimum absolute atomic E-state index is 0.121. The molecule has 6 nitrogen and oxygen atoms in total. The van der Waals surface area contributed by atoms with Crippen molar-refractivity contribution in [2.75, 3.05) is 13.2 Å². The van der Waals surface area contributed by atoms with E-state index in [2.05, 4.69) is 10.3 Å². The second-order valence-corrected chi connectivity index (χ2v) is 5.69. The molecule has 2 atom stereocenters. The highest BCUT2D eigenvalue weighted by molar-refractivity contribution is 5.93. The second kappa shape index (κ2) is 7.77. The Morgan fingerprint density at radius 1 is 1.42 bits per heavy atom. The van der Waals surface area contributed by atoms with Crippen molar-refractivity contribution in [3.63, 3.8) is 0 Å². The summed E-state index contributed by atoms with van der Waals surface area (Å²) in [5.41, 5.74) is 1.89. The van der Waals surface area contributed by atoms with Gasteiger partial charge in [0.2, 0.25) is 0 Å². The summed E-state index contributed by atoms with van der Waals surface area (Å²) in [5, 5.41) is 11.8. The van der Waals surface area contributed by atoms with E-state index in [1.807, 2.05) is 36.4 Å². The van der Waals surface area contributed by atoms with Crippen LogP contribution in [0.2, 0.25) is 0 Å². The first-order chi connectivity index (χ1) is 11.8. The lowest BCUT2D eigenvalue weighted by molar-refractivity contribution is -0.0736. The van der Waals surface area contributed by atoms with Crippen LogP contribution in [-0.4, -0.2) is 36.3 Å². The van der Waals surface area contributed by atoms with Gasteiger partial charge in [0.25, 0.3) is 5.91 Å². The maximum atomic E-state index is 12.3. The van der Waals surface area contributed by atoms with Gasteiger partial charge in [-0.3, -0.25) is 4.79 Å². The topological polar surface area (TPSA) is 87.1 Å². The van der Waals surface area contributed by atoms with Crippen molar-refractivity contribution < 1.29 is 14.3 Å². The fraction of sp³-hybridized carbons (Fsp3) is 0.333. The van der Waals surface area contributed by atoms with E-state index in [1.54, 1.807) is 0 Å². The summed E-state index contributed by atoms with van der Waals surface area (Å²) >= 11 is 0. The molecule has 0 aliphatic carbocycles. The molecule has 0 saturated carbocycles. The molecule has 2 aromatic rings. The number of nitrogens with one attached hydrogen (secondary N) is 2. The van der Waals surface area contributed by atoms with Crippen LogP contribution in [0.4, 0.5) is 0 Å². The smallest absolute Gasteiger partial charge is 0.268 e. The predicted octanol–water partition coefficient (Wildman–Crippen LogP) is 1.99. The number of nitrogens with zero attached hydrogens (tertiary/aromatic N) is 1. The normalized spacial score (nSPS) is 20.3. The first kappa shape index (κ1) is 16.2. The Labute approximate surface area is 140 Å². The van der Waals surface area contributed by atoms with Gasteiger partial charge < -0.3 is 19.8 Å². The van der Waals surface area contributed by atoms with E-state index in [4.69, 9.17) is 14.7 Å². The van der Waals surface area contributed by atoms with Crippen LogP contribution in [0.25, 0.3) is 0 Å². The molecule has 0 radical (unpaired) electrons. The zero-order valence-electron chi connectivity index (χ0n) is 13.2. The molecule has 124 valence electrons. The van der Waals surface area contributed by atoms with Gasteiger partial charge in [0.05, 0.1) is 24.8 Å². The van der Waals surface area contributed by atoms with Crippen molar-refractivity contribution >= 4 is 5.91 Å². The minimum atomic E-state index is -0.239. The number of amides is 1. The molecule has 1 amide bonds. The van der Waals surface area contributed by atoms with Crippen LogP contribution in [0.3, 0.4) is 0 Å². The predicted molar refractivity (Wildman–Crippen MR) is 87.2 cm³/mol. The van der Waals surface area contributed by atoms with Gasteiger partial charge in [-0.2, -0.15) is 5.26 Å². The van der Waals surface area contributed by atoms with Gasteiger partial charge in [0, 0.05) is 12.8 Å². The molecule has 0 bridgehead atoms. The third-order valence-corrected chi connectivity index (χ3v) is 3.98. The molecule has 1 aromatic heterocycles. The van der Waals surface area contributed by atoms with Crippen LogP contribution in [-0.2, 0) is 16.1 Å². The van der Waals surface area contributed by atoms with Gasteiger partial charge in [0.1, 0.15) is 17.9 Å². The Kier molecular flexibility index (Phi) is 5.26. The third-order valence-electron chi connectivity index (χ3n) is 3.98. The van der Waals surface area contributed by atoms with Gasteiger partial charge in [-0.15, -0.1) is 0 Å². The molecule has 1 aliphatic rings. The van der Waals surface area contributed by atoms with Crippen molar-refractivity contribution in [1.29, 1.82) is 5.26 Å². The number of ether oxygens (including phenoxy) is 2. The lowest BCUT2D eigenvalue weighted by atomic mass is 10.1. The quantitative estimate of drug-likeness (QED) is 0.880. The summed E-state index contributed by atoms with van der Waals surface area (Å²) in [6.45, 7) is 1.51. The SMILES string of the molecule is N#Cc1c[nH]c(C(=O)N[C@@H]2CCOC[C@H]2OCc2ccccc2)c1. The number of H-pyrrole nitrogens is 1. The highest BCUT2D eigenvalue weighted by Crippen LogP contribution is 2.15. The lowest BCUT2D eigenvalue weighted by Crippen LogP contribution is -2.50. The van der Waals surface area contributed by atoms with Gasteiger partial charge in [0.15, 0.2) is 0 Å². The summed E-state index contributed by atoms with van der Waals surface area (Å²) in [5.74, 6) is -0.239. The minimum Gasteiger partial charge on any atom is -0.379 e. The van der Waals surface area contributed by atoms with E-state index < -0.39 is 0 Å². The number of aromatic amines is 1. The lowest BCUT2D eigenvalue weighted by Gasteiger charge is -2.32. The summed E-state index contributed by atoms with van der Waals surface area (Å²) in [7, 11) is 0. The second-order valence-electron chi connectivity index (χ2n) is 5.69. The number of hydrogen-bond acceptors (Lipinski definition) is 4. The van der Waals surface area contributed by atoms with Crippen LogP contribution >= 0.6 is 0 Å². The summed E-state index contributed by atoms with van der Waals surface area (Å²) < 4.78 is 11.4. The molecule has 1 saturated heterocycles. The fourth-order valence-corrected chi connectivity index (χ4v) is 2.65. The summed E-state index contributed by atoms with van der Waals surface area (Å²) in [4.78, 5) is 15.1. The molecule has 2 heterocycles. The van der Waals surface area contributed by atoms with Crippen molar-refractivity contribution in [3.05, 3.63) is 59.4 Å². The number of nitriles is 1. The summed E-state index contributed by atoms with van der Waals surface area (Å²) in [6.07, 6.45) is 2.01. The van der Waals surface area contributed by atoms with Crippen molar-refractivity contribution in [3.8, 4) is 6.07 Å². The standard InChI is InChI=1S/C18H19N3O3/c19-9-14-8-16(20-10-14)18(22)21-15-6-7-23-12-17(15)24-11-13-4-2-1-3-5-13/h1-5,8,10,15,17,20H,6-7,11-12H2,(H,21,22)/t15-,17-/m1/s1. The van der Waals surface area contributed by atoms with E-state index in [-0.39, 0.29) is 18.1 Å². The van der Waals surface area contributed by atoms with E-state index in [0.717, 1.165) is 5.56 Å². The van der Waals surface area contributed by atoms with Crippen molar-refractivity contribution in [2.24, 2.45) is 0 Å². The molecular weight excluding hydrogens is 306 g/mol. The van der Waals surface area contributed by atoms with Gasteiger partial charge in [-0.25, -0.2) is 0 Å². The van der Waals surface area contributed by atoms with Crippen molar-refractivity contribution in [2.45, 2.75) is 25.2 Å². The average molecular weight is 325 g/mol. The van der Waals surface area contributed by atoms with Crippen LogP contribution in [0, 0.1) is 11.3 Å². The monoisotopic (exact) mass is 325 g/mol. The molecule has 1 aromatic carbocycles. The molecule has 24 heavy (non-hydrogen) atoms. The largest absolute Gasteiger partial charge is 0.379 e. The molecule has 3 rings (SSSR count). The van der Waals surface area contributed by atoms with E-state index in [0.29, 0.717) is 37.5 Å². The number of rotatable bonds is 5. The number of benzene rings is 1. The molecule has 0 spiro atoms. The number of hydrogen-bond donors (Lipinski definition) is 2. The zero-order valence-corrected chi connectivity index (χ0v) is 13.2. The number of carbonyl (C=O) groups is 1. The van der Waals surface area contributed by atoms with Gasteiger partial charge in [-0.05, 0) is 18.1 Å². The van der Waals surface area contributed by atoms with E-state index >= 15 is 0 Å². The molecule has 6 heteroatoms. The Morgan fingerprint density at radius 2 is 2.25 bits per heavy atom. The zero-order chi connectivity index (χ0) is 16.8. The maximum absolute atomic E-state index is 12.3. The van der Waals surface area contributed by atoms with Crippen LogP contribution in [0.5, 0.6) is 0 Å². The molecule has 2 N–H and O–H groups in total. The van der Waals surface area contributed by atoms with Crippen LogP contribution in [0.1, 0.15) is 28.0 Å². The Hall–Kier alpha value is -2.62.